The molecule has 2 aromatic carbocycles. The summed E-state index contributed by atoms with van der Waals surface area (Å²) in [5.74, 6) is -2.15. The Hall–Kier alpha value is -2.48. The highest BCUT2D eigenvalue weighted by molar-refractivity contribution is 14.1. The molecule has 0 amide bonds. The number of benzene rings is 2. The molecule has 4 rings (SSSR count). The van der Waals surface area contributed by atoms with Crippen LogP contribution in [0.15, 0.2) is 59.5 Å². The molecule has 2 aromatic heterocycles. The Bertz CT molecular complexity index is 1290. The maximum Gasteiger partial charge on any atom is 0.275 e. The number of rotatable bonds is 3. The second-order valence-electron chi connectivity index (χ2n) is 7.27. The van der Waals surface area contributed by atoms with Gasteiger partial charge in [0.2, 0.25) is 0 Å². The first-order valence-electron chi connectivity index (χ1n) is 9.21. The number of hydrogen-bond acceptors (Lipinski definition) is 1. The van der Waals surface area contributed by atoms with Crippen LogP contribution in [0.5, 0.6) is 0 Å². The quantitative estimate of drug-likeness (QED) is 0.331. The molecule has 6 heteroatoms. The summed E-state index contributed by atoms with van der Waals surface area (Å²) in [6.45, 7) is 3.84. The van der Waals surface area contributed by atoms with E-state index >= 15 is 0 Å². The van der Waals surface area contributed by atoms with Gasteiger partial charge in [-0.15, -0.1) is 0 Å². The Morgan fingerprint density at radius 1 is 1.03 bits per heavy atom. The molecule has 0 N–H and O–H groups in total. The van der Waals surface area contributed by atoms with Gasteiger partial charge >= 0.3 is 0 Å². The van der Waals surface area contributed by atoms with Gasteiger partial charge in [0.25, 0.3) is 5.56 Å². The fraction of sp³-hybridized carbons (Fsp3) is 0.174. The van der Waals surface area contributed by atoms with Crippen molar-refractivity contribution < 1.29 is 8.78 Å². The molecule has 148 valence electrons. The van der Waals surface area contributed by atoms with Gasteiger partial charge in [-0.1, -0.05) is 36.8 Å². The topological polar surface area (TPSA) is 26.9 Å². The number of fused-ring (bicyclic) bond motifs is 1. The molecular weight excluding hydrogens is 485 g/mol. The fourth-order valence-corrected chi connectivity index (χ4v) is 4.56. The van der Waals surface area contributed by atoms with Crippen molar-refractivity contribution in [1.82, 2.24) is 9.13 Å². The normalized spacial score (nSPS) is 12.5. The number of halogens is 3. The molecule has 0 saturated heterocycles. The van der Waals surface area contributed by atoms with Crippen molar-refractivity contribution >= 4 is 33.5 Å². The second-order valence-corrected chi connectivity index (χ2v) is 8.37. The van der Waals surface area contributed by atoms with Gasteiger partial charge in [-0.3, -0.25) is 9.36 Å². The van der Waals surface area contributed by atoms with Gasteiger partial charge in [-0.25, -0.2) is 8.78 Å². The largest absolute Gasteiger partial charge is 0.316 e. The van der Waals surface area contributed by atoms with E-state index in [1.807, 2.05) is 48.7 Å². The maximum absolute atomic E-state index is 14.5. The summed E-state index contributed by atoms with van der Waals surface area (Å²) >= 11 is 2.20. The van der Waals surface area contributed by atoms with Gasteiger partial charge in [0.1, 0.15) is 5.52 Å². The van der Waals surface area contributed by atoms with Crippen molar-refractivity contribution in [3.05, 3.63) is 97.1 Å². The van der Waals surface area contributed by atoms with Gasteiger partial charge in [-0.2, -0.15) is 0 Å². The van der Waals surface area contributed by atoms with Gasteiger partial charge in [0.05, 0.1) is 3.70 Å². The van der Waals surface area contributed by atoms with Crippen molar-refractivity contribution in [2.24, 2.45) is 7.05 Å². The molecule has 29 heavy (non-hydrogen) atoms. The van der Waals surface area contributed by atoms with E-state index in [1.54, 1.807) is 19.3 Å². The van der Waals surface area contributed by atoms with Crippen LogP contribution in [0, 0.1) is 22.3 Å². The monoisotopic (exact) mass is 504 g/mol. The first-order valence-corrected chi connectivity index (χ1v) is 10.3. The number of nitrogens with zero attached hydrogens (tertiary/aromatic N) is 2. The molecule has 0 bridgehead atoms. The lowest BCUT2D eigenvalue weighted by molar-refractivity contribution is 0.496. The average molecular weight is 504 g/mol. The van der Waals surface area contributed by atoms with Crippen molar-refractivity contribution in [1.29, 1.82) is 0 Å². The first kappa shape index (κ1) is 19.8. The van der Waals surface area contributed by atoms with E-state index in [9.17, 15) is 13.6 Å². The van der Waals surface area contributed by atoms with Crippen LogP contribution in [0.2, 0.25) is 0 Å². The third kappa shape index (κ3) is 3.29. The molecule has 0 radical (unpaired) electrons. The molecule has 0 aliphatic heterocycles. The zero-order valence-corrected chi connectivity index (χ0v) is 18.4. The maximum atomic E-state index is 14.5. The number of hydrogen-bond donors (Lipinski definition) is 0. The molecule has 1 unspecified atom stereocenters. The minimum absolute atomic E-state index is 0.140. The second kappa shape index (κ2) is 7.40. The van der Waals surface area contributed by atoms with Crippen molar-refractivity contribution in [2.45, 2.75) is 19.8 Å². The lowest BCUT2D eigenvalue weighted by atomic mass is 9.91. The van der Waals surface area contributed by atoms with Crippen LogP contribution in [0.1, 0.15) is 29.5 Å². The number of pyridine rings is 1. The lowest BCUT2D eigenvalue weighted by Gasteiger charge is -2.17. The minimum atomic E-state index is -0.873. The Balaban J connectivity index is 2.01. The molecule has 0 spiro atoms. The molecule has 4 aromatic rings. The van der Waals surface area contributed by atoms with Crippen LogP contribution in [0.4, 0.5) is 8.78 Å². The smallest absolute Gasteiger partial charge is 0.275 e. The molecule has 2 heterocycles. The Labute approximate surface area is 180 Å². The van der Waals surface area contributed by atoms with Crippen LogP contribution in [0.25, 0.3) is 16.6 Å². The van der Waals surface area contributed by atoms with Crippen LogP contribution in [-0.2, 0) is 7.05 Å². The van der Waals surface area contributed by atoms with Gasteiger partial charge in [0.15, 0.2) is 11.6 Å². The molecule has 0 saturated carbocycles. The van der Waals surface area contributed by atoms with Gasteiger partial charge in [-0.05, 0) is 64.9 Å². The number of aromatic nitrogens is 2. The molecule has 3 nitrogen and oxygen atoms in total. The van der Waals surface area contributed by atoms with E-state index in [-0.39, 0.29) is 11.1 Å². The summed E-state index contributed by atoms with van der Waals surface area (Å²) in [4.78, 5) is 13.0. The third-order valence-corrected chi connectivity index (χ3v) is 6.12. The Morgan fingerprint density at radius 3 is 2.41 bits per heavy atom. The SMILES string of the molecule is Cc1ccc(-n2c(I)cc3c(C(C)c4cccc(F)c4F)cn(C)c(=O)c32)cc1. The standard InChI is InChI=1S/C23H19F2IN2O/c1-13-7-9-15(10-8-13)28-20(26)11-17-18(12-27(3)23(29)22(17)28)14(2)16-5-4-6-19(24)21(16)25/h4-12,14H,1-3H3. The zero-order valence-electron chi connectivity index (χ0n) is 16.2. The van der Waals surface area contributed by atoms with E-state index in [0.717, 1.165) is 32.0 Å². The summed E-state index contributed by atoms with van der Waals surface area (Å²) < 4.78 is 32.5. The molecule has 0 aliphatic rings. The predicted octanol–water partition coefficient (Wildman–Crippen LogP) is 5.67. The van der Waals surface area contributed by atoms with E-state index in [4.69, 9.17) is 0 Å². The van der Waals surface area contributed by atoms with Crippen LogP contribution < -0.4 is 5.56 Å². The summed E-state index contributed by atoms with van der Waals surface area (Å²) in [7, 11) is 1.68. The molecule has 0 fully saturated rings. The van der Waals surface area contributed by atoms with Gasteiger partial charge in [0, 0.05) is 30.2 Å². The average Bonchev–Trinajstić information content (AvgIpc) is 3.04. The predicted molar refractivity (Wildman–Crippen MR) is 120 cm³/mol. The first-order chi connectivity index (χ1) is 13.8. The van der Waals surface area contributed by atoms with E-state index < -0.39 is 17.6 Å². The molecule has 0 aliphatic carbocycles. The highest BCUT2D eigenvalue weighted by atomic mass is 127. The van der Waals surface area contributed by atoms with Gasteiger partial charge < -0.3 is 4.57 Å². The Morgan fingerprint density at radius 2 is 1.72 bits per heavy atom. The van der Waals surface area contributed by atoms with E-state index in [1.165, 1.54) is 10.6 Å². The van der Waals surface area contributed by atoms with Crippen molar-refractivity contribution in [3.63, 3.8) is 0 Å². The summed E-state index contributed by atoms with van der Waals surface area (Å²) in [6.07, 6.45) is 1.72. The summed E-state index contributed by atoms with van der Waals surface area (Å²) in [5.41, 5.74) is 3.44. The zero-order chi connectivity index (χ0) is 20.9. The molecular formula is C23H19F2IN2O. The summed E-state index contributed by atoms with van der Waals surface area (Å²) in [5, 5.41) is 0.745. The highest BCUT2D eigenvalue weighted by Crippen LogP contribution is 2.34. The number of aryl methyl sites for hydroxylation is 2. The van der Waals surface area contributed by atoms with E-state index in [2.05, 4.69) is 22.6 Å². The summed E-state index contributed by atoms with van der Waals surface area (Å²) in [6, 6.07) is 14.1. The Kier molecular flexibility index (Phi) is 5.06. The van der Waals surface area contributed by atoms with Crippen molar-refractivity contribution in [3.8, 4) is 5.69 Å². The van der Waals surface area contributed by atoms with Crippen LogP contribution in [0.3, 0.4) is 0 Å². The molecule has 1 atom stereocenters. The van der Waals surface area contributed by atoms with E-state index in [0.29, 0.717) is 5.52 Å². The fourth-order valence-electron chi connectivity index (χ4n) is 3.73. The highest BCUT2D eigenvalue weighted by Gasteiger charge is 2.23. The minimum Gasteiger partial charge on any atom is -0.316 e. The third-order valence-electron chi connectivity index (χ3n) is 5.33. The van der Waals surface area contributed by atoms with Crippen LogP contribution >= 0.6 is 22.6 Å². The van der Waals surface area contributed by atoms with Crippen LogP contribution in [-0.4, -0.2) is 9.13 Å². The lowest BCUT2D eigenvalue weighted by Crippen LogP contribution is -2.20. The van der Waals surface area contributed by atoms with Crippen molar-refractivity contribution in [2.75, 3.05) is 0 Å².